The molecule has 0 bridgehead atoms. The van der Waals surface area contributed by atoms with Gasteiger partial charge >= 0.3 is 0 Å². The number of ether oxygens (including phenoxy) is 2. The molecule has 0 fully saturated rings. The summed E-state index contributed by atoms with van der Waals surface area (Å²) in [5.41, 5.74) is 9.41. The Balaban J connectivity index is 1.70. The molecule has 1 aliphatic rings. The first-order valence-electron chi connectivity index (χ1n) is 8.87. The Kier molecular flexibility index (Phi) is 5.82. The standard InChI is InChI=1S/C21H15Cl2IN4O2/c1-10-17-18(14(8-25)20(26)30-21(17)28-27-10)12-6-15(22)19(16(23)7-12)29-9-11-2-4-13(24)5-3-11/h2-7,18H,9,26H2,1H3,(H,27,28)/t18-/m0/s1. The number of rotatable bonds is 4. The topological polar surface area (TPSA) is 97.0 Å². The number of fused-ring (bicyclic) bond motifs is 1. The van der Waals surface area contributed by atoms with Crippen LogP contribution in [0.1, 0.15) is 28.3 Å². The highest BCUT2D eigenvalue weighted by atomic mass is 127. The zero-order chi connectivity index (χ0) is 21.4. The number of hydrogen-bond donors (Lipinski definition) is 2. The fourth-order valence-electron chi connectivity index (χ4n) is 3.35. The average Bonchev–Trinajstić information content (AvgIpc) is 3.07. The Labute approximate surface area is 196 Å². The van der Waals surface area contributed by atoms with Crippen LogP contribution in [0.4, 0.5) is 0 Å². The van der Waals surface area contributed by atoms with Gasteiger partial charge in [0.2, 0.25) is 11.8 Å². The Morgan fingerprint density at radius 3 is 2.57 bits per heavy atom. The van der Waals surface area contributed by atoms with E-state index in [0.717, 1.165) is 20.4 Å². The molecule has 4 rings (SSSR count). The van der Waals surface area contributed by atoms with E-state index in [9.17, 15) is 5.26 Å². The number of allylic oxidation sites excluding steroid dienone is 1. The van der Waals surface area contributed by atoms with Gasteiger partial charge in [-0.1, -0.05) is 35.3 Å². The average molecular weight is 553 g/mol. The summed E-state index contributed by atoms with van der Waals surface area (Å²) in [6, 6.07) is 13.6. The first kappa shape index (κ1) is 20.8. The summed E-state index contributed by atoms with van der Waals surface area (Å²) in [6.07, 6.45) is 0. The fraction of sp³-hybridized carbons (Fsp3) is 0.143. The number of H-pyrrole nitrogens is 1. The Bertz CT molecular complexity index is 1180. The van der Waals surface area contributed by atoms with Crippen LogP contribution < -0.4 is 15.2 Å². The number of halogens is 3. The van der Waals surface area contributed by atoms with Crippen LogP contribution in [-0.4, -0.2) is 10.2 Å². The Morgan fingerprint density at radius 1 is 1.27 bits per heavy atom. The van der Waals surface area contributed by atoms with E-state index in [4.69, 9.17) is 38.4 Å². The second kappa shape index (κ2) is 8.38. The maximum Gasteiger partial charge on any atom is 0.244 e. The highest BCUT2D eigenvalue weighted by Crippen LogP contribution is 2.45. The third-order valence-electron chi connectivity index (χ3n) is 4.78. The van der Waals surface area contributed by atoms with Crippen LogP contribution in [0, 0.1) is 21.8 Å². The molecule has 6 nitrogen and oxygen atoms in total. The lowest BCUT2D eigenvalue weighted by atomic mass is 9.84. The molecular weight excluding hydrogens is 538 g/mol. The molecule has 2 heterocycles. The van der Waals surface area contributed by atoms with Gasteiger partial charge in [-0.25, -0.2) is 0 Å². The van der Waals surface area contributed by atoms with Crippen molar-refractivity contribution in [1.82, 2.24) is 10.2 Å². The molecule has 2 aromatic carbocycles. The molecule has 9 heteroatoms. The van der Waals surface area contributed by atoms with E-state index in [1.54, 1.807) is 12.1 Å². The number of aromatic nitrogens is 2. The van der Waals surface area contributed by atoms with E-state index in [1.165, 1.54) is 0 Å². The lowest BCUT2D eigenvalue weighted by Gasteiger charge is -2.24. The zero-order valence-electron chi connectivity index (χ0n) is 15.7. The minimum Gasteiger partial charge on any atom is -0.486 e. The predicted molar refractivity (Wildman–Crippen MR) is 123 cm³/mol. The van der Waals surface area contributed by atoms with E-state index in [1.807, 2.05) is 31.2 Å². The van der Waals surface area contributed by atoms with Crippen molar-refractivity contribution in [3.8, 4) is 17.7 Å². The van der Waals surface area contributed by atoms with Gasteiger partial charge in [0.15, 0.2) is 5.75 Å². The van der Waals surface area contributed by atoms with Gasteiger partial charge in [-0.05, 0) is 64.9 Å². The molecule has 0 aliphatic carbocycles. The van der Waals surface area contributed by atoms with E-state index in [0.29, 0.717) is 33.8 Å². The van der Waals surface area contributed by atoms with Gasteiger partial charge in [-0.15, -0.1) is 5.10 Å². The number of hydrogen-bond acceptors (Lipinski definition) is 5. The molecule has 30 heavy (non-hydrogen) atoms. The fourth-order valence-corrected chi connectivity index (χ4v) is 4.32. The van der Waals surface area contributed by atoms with Gasteiger partial charge in [0.1, 0.15) is 18.2 Å². The molecule has 1 atom stereocenters. The quantitative estimate of drug-likeness (QED) is 0.421. The van der Waals surface area contributed by atoms with Crippen molar-refractivity contribution in [3.63, 3.8) is 0 Å². The summed E-state index contributed by atoms with van der Waals surface area (Å²) in [4.78, 5) is 0. The second-order valence-corrected chi connectivity index (χ2v) is 8.78. The summed E-state index contributed by atoms with van der Waals surface area (Å²) >= 11 is 15.3. The lowest BCUT2D eigenvalue weighted by Crippen LogP contribution is -2.21. The first-order chi connectivity index (χ1) is 14.4. The van der Waals surface area contributed by atoms with Crippen molar-refractivity contribution in [2.45, 2.75) is 19.4 Å². The smallest absolute Gasteiger partial charge is 0.244 e. The number of aromatic amines is 1. The van der Waals surface area contributed by atoms with Crippen LogP contribution >= 0.6 is 45.8 Å². The maximum atomic E-state index is 9.68. The van der Waals surface area contributed by atoms with Crippen LogP contribution in [0.25, 0.3) is 0 Å². The Hall–Kier alpha value is -2.41. The summed E-state index contributed by atoms with van der Waals surface area (Å²) in [5.74, 6) is 0.220. The normalized spacial score (nSPS) is 15.4. The monoisotopic (exact) mass is 552 g/mol. The van der Waals surface area contributed by atoms with E-state index in [-0.39, 0.29) is 11.5 Å². The SMILES string of the molecule is Cc1[nH]nc2c1[C@@H](c1cc(Cl)c(OCc3ccc(I)cc3)c(Cl)c1)C(C#N)=C(N)O2. The largest absolute Gasteiger partial charge is 0.486 e. The second-order valence-electron chi connectivity index (χ2n) is 6.72. The third kappa shape index (κ3) is 3.83. The zero-order valence-corrected chi connectivity index (χ0v) is 19.3. The van der Waals surface area contributed by atoms with Crippen molar-refractivity contribution >= 4 is 45.8 Å². The molecule has 1 aromatic heterocycles. The van der Waals surface area contributed by atoms with Crippen molar-refractivity contribution in [2.24, 2.45) is 5.73 Å². The highest BCUT2D eigenvalue weighted by molar-refractivity contribution is 14.1. The predicted octanol–water partition coefficient (Wildman–Crippen LogP) is 5.43. The molecular formula is C21H15Cl2IN4O2. The molecule has 0 amide bonds. The number of nitrogens with two attached hydrogens (primary N) is 1. The minimum atomic E-state index is -0.502. The molecule has 152 valence electrons. The summed E-state index contributed by atoms with van der Waals surface area (Å²) in [6.45, 7) is 2.18. The van der Waals surface area contributed by atoms with Gasteiger partial charge in [-0.3, -0.25) is 5.10 Å². The van der Waals surface area contributed by atoms with Crippen molar-refractivity contribution in [1.29, 1.82) is 5.26 Å². The molecule has 1 aliphatic heterocycles. The van der Waals surface area contributed by atoms with E-state index in [2.05, 4.69) is 38.9 Å². The molecule has 0 radical (unpaired) electrons. The Morgan fingerprint density at radius 2 is 1.93 bits per heavy atom. The van der Waals surface area contributed by atoms with Crippen molar-refractivity contribution in [2.75, 3.05) is 0 Å². The van der Waals surface area contributed by atoms with Crippen LogP contribution in [0.15, 0.2) is 47.9 Å². The number of nitrogens with zero attached hydrogens (tertiary/aromatic N) is 2. The first-order valence-corrected chi connectivity index (χ1v) is 10.7. The summed E-state index contributed by atoms with van der Waals surface area (Å²) < 4.78 is 12.5. The maximum absolute atomic E-state index is 9.68. The van der Waals surface area contributed by atoms with E-state index >= 15 is 0 Å². The van der Waals surface area contributed by atoms with Crippen molar-refractivity contribution in [3.05, 3.63) is 83.9 Å². The highest BCUT2D eigenvalue weighted by Gasteiger charge is 2.35. The lowest BCUT2D eigenvalue weighted by molar-refractivity contribution is 0.306. The minimum absolute atomic E-state index is 0.00720. The van der Waals surface area contributed by atoms with Gasteiger partial charge in [0, 0.05) is 14.8 Å². The number of aryl methyl sites for hydroxylation is 1. The number of nitrogens with one attached hydrogen (secondary N) is 1. The van der Waals surface area contributed by atoms with Gasteiger partial charge in [0.25, 0.3) is 0 Å². The molecule has 0 saturated heterocycles. The molecule has 0 saturated carbocycles. The van der Waals surface area contributed by atoms with Crippen molar-refractivity contribution < 1.29 is 9.47 Å². The third-order valence-corrected chi connectivity index (χ3v) is 6.06. The van der Waals surface area contributed by atoms with Crippen LogP contribution in [0.3, 0.4) is 0 Å². The molecule has 3 aromatic rings. The molecule has 3 N–H and O–H groups in total. The van der Waals surface area contributed by atoms with Crippen LogP contribution in [0.2, 0.25) is 10.0 Å². The summed E-state index contributed by atoms with van der Waals surface area (Å²) in [5, 5.41) is 17.4. The van der Waals surface area contributed by atoms with Gasteiger partial charge in [-0.2, -0.15) is 5.26 Å². The van der Waals surface area contributed by atoms with Gasteiger partial charge in [0.05, 0.1) is 16.0 Å². The number of benzene rings is 2. The van der Waals surface area contributed by atoms with E-state index < -0.39 is 5.92 Å². The van der Waals surface area contributed by atoms with Crippen LogP contribution in [0.5, 0.6) is 11.6 Å². The van der Waals surface area contributed by atoms with Gasteiger partial charge < -0.3 is 15.2 Å². The summed E-state index contributed by atoms with van der Waals surface area (Å²) in [7, 11) is 0. The molecule has 0 spiro atoms. The van der Waals surface area contributed by atoms with Crippen LogP contribution in [-0.2, 0) is 6.61 Å². The number of nitriles is 1. The molecule has 0 unspecified atom stereocenters.